The summed E-state index contributed by atoms with van der Waals surface area (Å²) in [5.41, 5.74) is 1.55. The zero-order valence-corrected chi connectivity index (χ0v) is 20.5. The van der Waals surface area contributed by atoms with Crippen molar-refractivity contribution >= 4 is 52.5 Å². The molecule has 0 bridgehead atoms. The number of hydrogen-bond donors (Lipinski definition) is 1. The second-order valence-electron chi connectivity index (χ2n) is 6.92. The van der Waals surface area contributed by atoms with E-state index in [1.54, 1.807) is 36.4 Å². The highest BCUT2D eigenvalue weighted by Crippen LogP contribution is 2.37. The second kappa shape index (κ2) is 11.7. The monoisotopic (exact) mass is 516 g/mol. The number of methoxy groups -OCH3 is 2. The Labute approximate surface area is 212 Å². The molecule has 0 fully saturated rings. The van der Waals surface area contributed by atoms with Gasteiger partial charge < -0.3 is 19.5 Å². The molecule has 1 N–H and O–H groups in total. The standard InChI is InChI=1S/C25H19Cl3N2O4/c1-32-22-8-7-19(27)12-21(22)30-25(31)17(13-29)9-16-10-20(28)24(23(11-16)33-2)34-14-15-3-5-18(26)6-4-15/h3-12H,14H2,1-2H3,(H,30,31)/b17-9+. The molecule has 0 aliphatic rings. The van der Waals surface area contributed by atoms with E-state index >= 15 is 0 Å². The molecule has 0 atom stereocenters. The van der Waals surface area contributed by atoms with Gasteiger partial charge in [-0.3, -0.25) is 4.79 Å². The van der Waals surface area contributed by atoms with E-state index in [2.05, 4.69) is 5.32 Å². The Kier molecular flexibility index (Phi) is 8.67. The van der Waals surface area contributed by atoms with Crippen LogP contribution in [0, 0.1) is 11.3 Å². The Balaban J connectivity index is 1.83. The lowest BCUT2D eigenvalue weighted by atomic mass is 10.1. The number of halogens is 3. The number of anilines is 1. The van der Waals surface area contributed by atoms with Crippen LogP contribution in [0.3, 0.4) is 0 Å². The van der Waals surface area contributed by atoms with Crippen LogP contribution in [0.2, 0.25) is 15.1 Å². The topological polar surface area (TPSA) is 80.6 Å². The quantitative estimate of drug-likeness (QED) is 0.263. The average Bonchev–Trinajstić information content (AvgIpc) is 2.82. The summed E-state index contributed by atoms with van der Waals surface area (Å²) in [5.74, 6) is 0.452. The van der Waals surface area contributed by atoms with E-state index in [1.807, 2.05) is 18.2 Å². The largest absolute Gasteiger partial charge is 0.495 e. The van der Waals surface area contributed by atoms with Crippen molar-refractivity contribution in [2.24, 2.45) is 0 Å². The summed E-state index contributed by atoms with van der Waals surface area (Å²) in [6.45, 7) is 0.246. The highest BCUT2D eigenvalue weighted by molar-refractivity contribution is 6.32. The Morgan fingerprint density at radius 2 is 1.65 bits per heavy atom. The van der Waals surface area contributed by atoms with Crippen LogP contribution in [0.4, 0.5) is 5.69 Å². The number of carbonyl (C=O) groups is 1. The van der Waals surface area contributed by atoms with Crippen molar-refractivity contribution in [1.82, 2.24) is 0 Å². The van der Waals surface area contributed by atoms with Crippen LogP contribution in [0.5, 0.6) is 17.2 Å². The average molecular weight is 518 g/mol. The van der Waals surface area contributed by atoms with Gasteiger partial charge in [-0.2, -0.15) is 5.26 Å². The van der Waals surface area contributed by atoms with Gasteiger partial charge in [0.15, 0.2) is 11.5 Å². The molecule has 0 radical (unpaired) electrons. The molecule has 0 aliphatic heterocycles. The number of hydrogen-bond acceptors (Lipinski definition) is 5. The molecule has 9 heteroatoms. The highest BCUT2D eigenvalue weighted by Gasteiger charge is 2.16. The number of rotatable bonds is 8. The summed E-state index contributed by atoms with van der Waals surface area (Å²) in [6.07, 6.45) is 1.39. The van der Waals surface area contributed by atoms with Crippen molar-refractivity contribution < 1.29 is 19.0 Å². The summed E-state index contributed by atoms with van der Waals surface area (Å²) in [7, 11) is 2.93. The minimum absolute atomic E-state index is 0.157. The molecule has 34 heavy (non-hydrogen) atoms. The first kappa shape index (κ1) is 25.3. The van der Waals surface area contributed by atoms with E-state index in [1.165, 1.54) is 26.4 Å². The second-order valence-corrected chi connectivity index (χ2v) is 8.20. The number of amides is 1. The molecule has 3 aromatic rings. The number of nitriles is 1. The molecule has 174 valence electrons. The summed E-state index contributed by atoms with van der Waals surface area (Å²) >= 11 is 18.3. The Bertz CT molecular complexity index is 1270. The van der Waals surface area contributed by atoms with Gasteiger partial charge in [-0.1, -0.05) is 46.9 Å². The summed E-state index contributed by atoms with van der Waals surface area (Å²) in [6, 6.07) is 17.1. The Morgan fingerprint density at radius 1 is 0.971 bits per heavy atom. The molecule has 0 aromatic heterocycles. The number of benzene rings is 3. The van der Waals surface area contributed by atoms with Gasteiger partial charge in [-0.05, 0) is 59.7 Å². The highest BCUT2D eigenvalue weighted by atomic mass is 35.5. The van der Waals surface area contributed by atoms with E-state index in [0.717, 1.165) is 5.56 Å². The first-order valence-corrected chi connectivity index (χ1v) is 11.0. The summed E-state index contributed by atoms with van der Waals surface area (Å²) < 4.78 is 16.5. The molecule has 0 aliphatic carbocycles. The Hall–Kier alpha value is -3.37. The molecule has 0 unspecified atom stereocenters. The van der Waals surface area contributed by atoms with Crippen LogP contribution in [-0.4, -0.2) is 20.1 Å². The fourth-order valence-corrected chi connectivity index (χ4v) is 3.55. The predicted octanol–water partition coefficient (Wildman–Crippen LogP) is 6.79. The minimum atomic E-state index is -0.638. The third kappa shape index (κ3) is 6.36. The van der Waals surface area contributed by atoms with Crippen LogP contribution in [0.1, 0.15) is 11.1 Å². The van der Waals surface area contributed by atoms with E-state index in [0.29, 0.717) is 38.5 Å². The van der Waals surface area contributed by atoms with Crippen molar-refractivity contribution in [2.45, 2.75) is 6.61 Å². The minimum Gasteiger partial charge on any atom is -0.495 e. The summed E-state index contributed by atoms with van der Waals surface area (Å²) in [5, 5.41) is 13.5. The van der Waals surface area contributed by atoms with E-state index in [9.17, 15) is 10.1 Å². The number of ether oxygens (including phenoxy) is 3. The third-order valence-electron chi connectivity index (χ3n) is 4.63. The molecule has 0 saturated heterocycles. The van der Waals surface area contributed by atoms with Crippen LogP contribution in [0.15, 0.2) is 60.2 Å². The van der Waals surface area contributed by atoms with Gasteiger partial charge in [0.25, 0.3) is 5.91 Å². The zero-order chi connectivity index (χ0) is 24.7. The molecule has 3 rings (SSSR count). The molecule has 3 aromatic carbocycles. The number of carbonyl (C=O) groups excluding carboxylic acids is 1. The maximum atomic E-state index is 12.7. The lowest BCUT2D eigenvalue weighted by Crippen LogP contribution is -2.14. The maximum Gasteiger partial charge on any atom is 0.266 e. The van der Waals surface area contributed by atoms with Crippen LogP contribution >= 0.6 is 34.8 Å². The van der Waals surface area contributed by atoms with E-state index in [4.69, 9.17) is 49.0 Å². The molecular formula is C25H19Cl3N2O4. The van der Waals surface area contributed by atoms with Crippen molar-refractivity contribution in [3.8, 4) is 23.3 Å². The van der Waals surface area contributed by atoms with Gasteiger partial charge >= 0.3 is 0 Å². The lowest BCUT2D eigenvalue weighted by molar-refractivity contribution is -0.112. The van der Waals surface area contributed by atoms with Gasteiger partial charge in [0.2, 0.25) is 0 Å². The first-order chi connectivity index (χ1) is 16.3. The van der Waals surface area contributed by atoms with Gasteiger partial charge in [0, 0.05) is 10.0 Å². The van der Waals surface area contributed by atoms with Crippen molar-refractivity contribution in [1.29, 1.82) is 5.26 Å². The fourth-order valence-electron chi connectivity index (χ4n) is 2.98. The van der Waals surface area contributed by atoms with Crippen molar-refractivity contribution in [3.63, 3.8) is 0 Å². The van der Waals surface area contributed by atoms with Gasteiger partial charge in [-0.25, -0.2) is 0 Å². The van der Waals surface area contributed by atoms with E-state index < -0.39 is 5.91 Å². The number of nitrogens with one attached hydrogen (secondary N) is 1. The molecule has 0 saturated carbocycles. The predicted molar refractivity (Wildman–Crippen MR) is 134 cm³/mol. The summed E-state index contributed by atoms with van der Waals surface area (Å²) in [4.78, 5) is 12.7. The third-order valence-corrected chi connectivity index (χ3v) is 5.40. The molecular weight excluding hydrogens is 499 g/mol. The van der Waals surface area contributed by atoms with Gasteiger partial charge in [0.05, 0.1) is 24.9 Å². The van der Waals surface area contributed by atoms with Crippen LogP contribution in [-0.2, 0) is 11.4 Å². The fraction of sp³-hybridized carbons (Fsp3) is 0.120. The van der Waals surface area contributed by atoms with Gasteiger partial charge in [-0.15, -0.1) is 0 Å². The molecule has 6 nitrogen and oxygen atoms in total. The smallest absolute Gasteiger partial charge is 0.266 e. The first-order valence-electron chi connectivity index (χ1n) is 9.86. The van der Waals surface area contributed by atoms with Crippen molar-refractivity contribution in [2.75, 3.05) is 19.5 Å². The molecule has 0 spiro atoms. The zero-order valence-electron chi connectivity index (χ0n) is 18.2. The van der Waals surface area contributed by atoms with Crippen LogP contribution in [0.25, 0.3) is 6.08 Å². The van der Waals surface area contributed by atoms with Gasteiger partial charge in [0.1, 0.15) is 24.0 Å². The number of nitrogens with zero attached hydrogens (tertiary/aromatic N) is 1. The molecule has 1 amide bonds. The maximum absolute atomic E-state index is 12.7. The van der Waals surface area contributed by atoms with E-state index in [-0.39, 0.29) is 17.2 Å². The lowest BCUT2D eigenvalue weighted by Gasteiger charge is -2.14. The normalized spacial score (nSPS) is 10.9. The molecule has 0 heterocycles. The SMILES string of the molecule is COc1ccc(Cl)cc1NC(=O)/C(C#N)=C/c1cc(Cl)c(OCc2ccc(Cl)cc2)c(OC)c1. The van der Waals surface area contributed by atoms with Crippen molar-refractivity contribution in [3.05, 3.63) is 86.4 Å². The van der Waals surface area contributed by atoms with Crippen LogP contribution < -0.4 is 19.5 Å². The Morgan fingerprint density at radius 3 is 2.29 bits per heavy atom.